The lowest BCUT2D eigenvalue weighted by Gasteiger charge is -2.17. The van der Waals surface area contributed by atoms with E-state index in [-0.39, 0.29) is 17.9 Å². The van der Waals surface area contributed by atoms with Gasteiger partial charge in [0, 0.05) is 5.92 Å². The lowest BCUT2D eigenvalue weighted by molar-refractivity contribution is -0.124. The van der Waals surface area contributed by atoms with Crippen molar-refractivity contribution in [3.05, 3.63) is 34.9 Å². The molecule has 0 spiro atoms. The zero-order chi connectivity index (χ0) is 12.3. The van der Waals surface area contributed by atoms with Crippen LogP contribution < -0.4 is 5.32 Å². The molecule has 1 amide bonds. The minimum absolute atomic E-state index is 0.0361. The zero-order valence-electron chi connectivity index (χ0n) is 10.8. The van der Waals surface area contributed by atoms with Crippen molar-refractivity contribution in [2.45, 2.75) is 40.7 Å². The molecule has 1 aromatic carbocycles. The van der Waals surface area contributed by atoms with Gasteiger partial charge < -0.3 is 5.32 Å². The standard InChI is InChI=1S/C14H21NO/c1-9(2)14(16)15-12(5)13-7-6-10(3)11(4)8-13/h6-9,12H,1-5H3,(H,15,16)/t12-/m1/s1. The summed E-state index contributed by atoms with van der Waals surface area (Å²) < 4.78 is 0. The summed E-state index contributed by atoms with van der Waals surface area (Å²) in [4.78, 5) is 11.6. The first-order valence-electron chi connectivity index (χ1n) is 5.79. The molecule has 0 radical (unpaired) electrons. The molecule has 0 aliphatic rings. The number of benzene rings is 1. The van der Waals surface area contributed by atoms with E-state index < -0.39 is 0 Å². The zero-order valence-corrected chi connectivity index (χ0v) is 10.8. The largest absolute Gasteiger partial charge is 0.349 e. The monoisotopic (exact) mass is 219 g/mol. The van der Waals surface area contributed by atoms with Gasteiger partial charge >= 0.3 is 0 Å². The molecule has 0 saturated heterocycles. The molecule has 16 heavy (non-hydrogen) atoms. The smallest absolute Gasteiger partial charge is 0.223 e. The molecule has 0 unspecified atom stereocenters. The van der Waals surface area contributed by atoms with Crippen LogP contribution in [-0.2, 0) is 4.79 Å². The molecule has 0 aliphatic carbocycles. The van der Waals surface area contributed by atoms with Crippen molar-refractivity contribution in [1.82, 2.24) is 5.32 Å². The van der Waals surface area contributed by atoms with Crippen LogP contribution in [0.25, 0.3) is 0 Å². The number of hydrogen-bond acceptors (Lipinski definition) is 1. The summed E-state index contributed by atoms with van der Waals surface area (Å²) >= 11 is 0. The van der Waals surface area contributed by atoms with Crippen LogP contribution in [0, 0.1) is 19.8 Å². The number of amides is 1. The molecule has 0 bridgehead atoms. The van der Waals surface area contributed by atoms with Crippen LogP contribution in [0.2, 0.25) is 0 Å². The normalized spacial score (nSPS) is 12.6. The molecule has 0 saturated carbocycles. The lowest BCUT2D eigenvalue weighted by atomic mass is 10.0. The highest BCUT2D eigenvalue weighted by molar-refractivity contribution is 5.78. The van der Waals surface area contributed by atoms with E-state index in [0.29, 0.717) is 0 Å². The first-order valence-corrected chi connectivity index (χ1v) is 5.79. The van der Waals surface area contributed by atoms with Gasteiger partial charge in [-0.3, -0.25) is 4.79 Å². The topological polar surface area (TPSA) is 29.1 Å². The van der Waals surface area contributed by atoms with Crippen LogP contribution in [0.1, 0.15) is 43.5 Å². The summed E-state index contributed by atoms with van der Waals surface area (Å²) in [6.07, 6.45) is 0. The third-order valence-electron chi connectivity index (χ3n) is 2.91. The van der Waals surface area contributed by atoms with Crippen LogP contribution in [0.5, 0.6) is 0 Å². The van der Waals surface area contributed by atoms with Crippen molar-refractivity contribution >= 4 is 5.91 Å². The summed E-state index contributed by atoms with van der Waals surface area (Å²) in [7, 11) is 0. The fourth-order valence-electron chi connectivity index (χ4n) is 1.50. The molecule has 1 N–H and O–H groups in total. The van der Waals surface area contributed by atoms with Crippen LogP contribution in [-0.4, -0.2) is 5.91 Å². The average molecular weight is 219 g/mol. The molecule has 0 aliphatic heterocycles. The second-order valence-corrected chi connectivity index (χ2v) is 4.73. The number of carbonyl (C=O) groups is 1. The predicted octanol–water partition coefficient (Wildman–Crippen LogP) is 3.14. The number of hydrogen-bond donors (Lipinski definition) is 1. The van der Waals surface area contributed by atoms with E-state index in [1.165, 1.54) is 11.1 Å². The molecule has 1 aromatic rings. The molecular weight excluding hydrogens is 198 g/mol. The van der Waals surface area contributed by atoms with Crippen molar-refractivity contribution in [2.75, 3.05) is 0 Å². The quantitative estimate of drug-likeness (QED) is 0.831. The molecule has 0 fully saturated rings. The number of nitrogens with one attached hydrogen (secondary N) is 1. The van der Waals surface area contributed by atoms with Crippen molar-refractivity contribution < 1.29 is 4.79 Å². The minimum atomic E-state index is 0.0361. The maximum Gasteiger partial charge on any atom is 0.223 e. The Kier molecular flexibility index (Phi) is 4.11. The van der Waals surface area contributed by atoms with Gasteiger partial charge in [0.1, 0.15) is 0 Å². The first kappa shape index (κ1) is 12.8. The third-order valence-corrected chi connectivity index (χ3v) is 2.91. The molecule has 88 valence electrons. The van der Waals surface area contributed by atoms with E-state index in [9.17, 15) is 4.79 Å². The van der Waals surface area contributed by atoms with Gasteiger partial charge in [0.15, 0.2) is 0 Å². The predicted molar refractivity (Wildman–Crippen MR) is 67.3 cm³/mol. The van der Waals surface area contributed by atoms with Crippen LogP contribution >= 0.6 is 0 Å². The Balaban J connectivity index is 2.77. The summed E-state index contributed by atoms with van der Waals surface area (Å²) in [5, 5.41) is 3.00. The fourth-order valence-corrected chi connectivity index (χ4v) is 1.50. The van der Waals surface area contributed by atoms with Gasteiger partial charge in [0.05, 0.1) is 6.04 Å². The molecule has 0 heterocycles. The summed E-state index contributed by atoms with van der Waals surface area (Å²) in [6, 6.07) is 6.39. The second kappa shape index (κ2) is 5.15. The number of rotatable bonds is 3. The van der Waals surface area contributed by atoms with Crippen molar-refractivity contribution in [3.8, 4) is 0 Å². The second-order valence-electron chi connectivity index (χ2n) is 4.73. The van der Waals surface area contributed by atoms with Gasteiger partial charge in [0.2, 0.25) is 5.91 Å². The Morgan fingerprint density at radius 2 is 1.75 bits per heavy atom. The van der Waals surface area contributed by atoms with Crippen LogP contribution in [0.15, 0.2) is 18.2 Å². The molecular formula is C14H21NO. The van der Waals surface area contributed by atoms with E-state index in [0.717, 1.165) is 5.56 Å². The summed E-state index contributed by atoms with van der Waals surface area (Å²) in [5.74, 6) is 0.139. The van der Waals surface area contributed by atoms with Gasteiger partial charge in [-0.2, -0.15) is 0 Å². The van der Waals surface area contributed by atoms with E-state index in [2.05, 4.69) is 37.4 Å². The minimum Gasteiger partial charge on any atom is -0.349 e. The maximum absolute atomic E-state index is 11.6. The molecule has 0 aromatic heterocycles. The first-order chi connectivity index (χ1) is 7.41. The Morgan fingerprint density at radius 3 is 2.25 bits per heavy atom. The van der Waals surface area contributed by atoms with Crippen molar-refractivity contribution in [3.63, 3.8) is 0 Å². The Labute approximate surface area is 98.1 Å². The van der Waals surface area contributed by atoms with Crippen LogP contribution in [0.4, 0.5) is 0 Å². The van der Waals surface area contributed by atoms with Gasteiger partial charge in [-0.25, -0.2) is 0 Å². The van der Waals surface area contributed by atoms with Crippen LogP contribution in [0.3, 0.4) is 0 Å². The van der Waals surface area contributed by atoms with Gasteiger partial charge in [-0.15, -0.1) is 0 Å². The van der Waals surface area contributed by atoms with E-state index in [1.807, 2.05) is 20.8 Å². The third kappa shape index (κ3) is 3.09. The number of aryl methyl sites for hydroxylation is 2. The highest BCUT2D eigenvalue weighted by Crippen LogP contribution is 2.17. The maximum atomic E-state index is 11.6. The van der Waals surface area contributed by atoms with Crippen molar-refractivity contribution in [2.24, 2.45) is 5.92 Å². The van der Waals surface area contributed by atoms with Gasteiger partial charge in [-0.1, -0.05) is 32.0 Å². The van der Waals surface area contributed by atoms with Gasteiger partial charge in [0.25, 0.3) is 0 Å². The van der Waals surface area contributed by atoms with E-state index in [4.69, 9.17) is 0 Å². The van der Waals surface area contributed by atoms with E-state index >= 15 is 0 Å². The van der Waals surface area contributed by atoms with Gasteiger partial charge in [-0.05, 0) is 37.5 Å². The highest BCUT2D eigenvalue weighted by atomic mass is 16.1. The Bertz CT molecular complexity index is 382. The molecule has 1 rings (SSSR count). The Morgan fingerprint density at radius 1 is 1.12 bits per heavy atom. The Hall–Kier alpha value is -1.31. The lowest BCUT2D eigenvalue weighted by Crippen LogP contribution is -2.30. The summed E-state index contributed by atoms with van der Waals surface area (Å²) in [6.45, 7) is 10.0. The highest BCUT2D eigenvalue weighted by Gasteiger charge is 2.12. The van der Waals surface area contributed by atoms with E-state index in [1.54, 1.807) is 0 Å². The molecule has 2 nitrogen and oxygen atoms in total. The fraction of sp³-hybridized carbons (Fsp3) is 0.500. The summed E-state index contributed by atoms with van der Waals surface area (Å²) in [5.41, 5.74) is 3.71. The average Bonchev–Trinajstić information content (AvgIpc) is 2.21. The SMILES string of the molecule is Cc1ccc([C@@H](C)NC(=O)C(C)C)cc1C. The number of carbonyl (C=O) groups excluding carboxylic acids is 1. The molecule has 1 atom stereocenters. The van der Waals surface area contributed by atoms with Crippen molar-refractivity contribution in [1.29, 1.82) is 0 Å². The molecule has 2 heteroatoms.